The van der Waals surface area contributed by atoms with Crippen molar-refractivity contribution < 1.29 is 32.4 Å². The van der Waals surface area contributed by atoms with Crippen molar-refractivity contribution >= 4 is 22.1 Å². The van der Waals surface area contributed by atoms with Crippen LogP contribution in [-0.2, 0) is 10.1 Å². The largest absolute Gasteiger partial charge is 0.478 e. The molecular formula is C16H14O7S. The van der Waals surface area contributed by atoms with Gasteiger partial charge in [0.2, 0.25) is 0 Å². The molecule has 0 aliphatic heterocycles. The highest BCUT2D eigenvalue weighted by atomic mass is 32.2. The Hall–Kier alpha value is -2.71. The molecule has 24 heavy (non-hydrogen) atoms. The van der Waals surface area contributed by atoms with Crippen LogP contribution in [0.15, 0.2) is 41.3 Å². The fraction of sp³-hybridized carbons (Fsp3) is 0.125. The Morgan fingerprint density at radius 2 is 1.67 bits per heavy atom. The summed E-state index contributed by atoms with van der Waals surface area (Å²) in [6.07, 6.45) is 0. The van der Waals surface area contributed by atoms with Crippen LogP contribution in [0.3, 0.4) is 0 Å². The molecule has 0 saturated carbocycles. The highest BCUT2D eigenvalue weighted by Crippen LogP contribution is 2.22. The van der Waals surface area contributed by atoms with Gasteiger partial charge in [0.15, 0.2) is 0 Å². The summed E-state index contributed by atoms with van der Waals surface area (Å²) in [6.45, 7) is 3.60. The Kier molecular flexibility index (Phi) is 4.72. The lowest BCUT2D eigenvalue weighted by Crippen LogP contribution is -2.15. The van der Waals surface area contributed by atoms with E-state index in [9.17, 15) is 23.1 Å². The summed E-state index contributed by atoms with van der Waals surface area (Å²) in [7, 11) is -4.59. The van der Waals surface area contributed by atoms with Gasteiger partial charge in [-0.25, -0.2) is 9.59 Å². The van der Waals surface area contributed by atoms with E-state index < -0.39 is 32.5 Å². The van der Waals surface area contributed by atoms with E-state index in [1.54, 1.807) is 25.1 Å². The molecule has 2 rings (SSSR count). The van der Waals surface area contributed by atoms with Gasteiger partial charge in [-0.05, 0) is 43.7 Å². The molecule has 0 heterocycles. The maximum atomic E-state index is 12.2. The minimum atomic E-state index is -4.59. The number of carboxylic acid groups (broad SMARTS) is 1. The molecule has 2 aromatic rings. The minimum Gasteiger partial charge on any atom is -0.478 e. The molecule has 0 atom stereocenters. The lowest BCUT2D eigenvalue weighted by molar-refractivity contribution is 0.0667. The van der Waals surface area contributed by atoms with Crippen LogP contribution < -0.4 is 4.74 Å². The summed E-state index contributed by atoms with van der Waals surface area (Å²) >= 11 is 0. The van der Waals surface area contributed by atoms with Crippen LogP contribution in [0.5, 0.6) is 5.75 Å². The van der Waals surface area contributed by atoms with Crippen molar-refractivity contribution in [2.24, 2.45) is 0 Å². The SMILES string of the molecule is Cc1ccc(OC(=O)c2ccc(S(=O)(=O)O)cc2C(=O)O)c(C)c1. The minimum absolute atomic E-state index is 0.265. The second-order valence-corrected chi connectivity index (χ2v) is 6.57. The predicted molar refractivity (Wildman–Crippen MR) is 84.1 cm³/mol. The monoisotopic (exact) mass is 350 g/mol. The van der Waals surface area contributed by atoms with Crippen molar-refractivity contribution in [2.75, 3.05) is 0 Å². The number of benzene rings is 2. The lowest BCUT2D eigenvalue weighted by Gasteiger charge is -2.10. The third kappa shape index (κ3) is 3.79. The molecule has 0 fully saturated rings. The topological polar surface area (TPSA) is 118 Å². The van der Waals surface area contributed by atoms with Crippen molar-refractivity contribution in [3.8, 4) is 5.75 Å². The first kappa shape index (κ1) is 17.6. The summed E-state index contributed by atoms with van der Waals surface area (Å²) in [5.41, 5.74) is 0.751. The summed E-state index contributed by atoms with van der Waals surface area (Å²) in [6, 6.07) is 7.72. The highest BCUT2D eigenvalue weighted by Gasteiger charge is 2.22. The van der Waals surface area contributed by atoms with E-state index in [0.717, 1.165) is 17.7 Å². The number of hydrogen-bond acceptors (Lipinski definition) is 5. The molecule has 7 nitrogen and oxygen atoms in total. The van der Waals surface area contributed by atoms with Gasteiger partial charge in [-0.3, -0.25) is 4.55 Å². The van der Waals surface area contributed by atoms with Gasteiger partial charge in [0, 0.05) is 0 Å². The van der Waals surface area contributed by atoms with E-state index in [1.807, 2.05) is 6.92 Å². The Labute approximate surface area is 138 Å². The maximum absolute atomic E-state index is 12.2. The van der Waals surface area contributed by atoms with Crippen LogP contribution in [0, 0.1) is 13.8 Å². The van der Waals surface area contributed by atoms with Gasteiger partial charge >= 0.3 is 11.9 Å². The molecule has 2 aromatic carbocycles. The number of carboxylic acids is 1. The molecule has 126 valence electrons. The standard InChI is InChI=1S/C16H14O7S/c1-9-3-6-14(10(2)7-9)23-16(19)12-5-4-11(24(20,21)22)8-13(12)15(17)18/h3-8H,1-2H3,(H,17,18)(H,20,21,22). The smallest absolute Gasteiger partial charge is 0.344 e. The molecule has 0 bridgehead atoms. The molecule has 0 spiro atoms. The average Bonchev–Trinajstić information content (AvgIpc) is 2.48. The first-order chi connectivity index (χ1) is 11.1. The Balaban J connectivity index is 2.43. The normalized spacial score (nSPS) is 11.1. The third-order valence-corrected chi connectivity index (χ3v) is 4.12. The van der Waals surface area contributed by atoms with Gasteiger partial charge < -0.3 is 9.84 Å². The van der Waals surface area contributed by atoms with Crippen molar-refractivity contribution in [1.29, 1.82) is 0 Å². The molecule has 0 unspecified atom stereocenters. The van der Waals surface area contributed by atoms with Gasteiger partial charge in [0.1, 0.15) is 5.75 Å². The number of carbonyl (C=O) groups is 2. The summed E-state index contributed by atoms with van der Waals surface area (Å²) in [4.78, 5) is 22.9. The van der Waals surface area contributed by atoms with Gasteiger partial charge in [-0.15, -0.1) is 0 Å². The zero-order valence-electron chi connectivity index (χ0n) is 12.8. The van der Waals surface area contributed by atoms with Crippen LogP contribution in [0.1, 0.15) is 31.8 Å². The Morgan fingerprint density at radius 1 is 1.00 bits per heavy atom. The first-order valence-corrected chi connectivity index (χ1v) is 8.18. The third-order valence-electron chi connectivity index (χ3n) is 3.27. The van der Waals surface area contributed by atoms with E-state index in [-0.39, 0.29) is 11.3 Å². The number of aromatic carboxylic acids is 1. The van der Waals surface area contributed by atoms with Gasteiger partial charge in [0.05, 0.1) is 16.0 Å². The molecule has 8 heteroatoms. The zero-order valence-corrected chi connectivity index (χ0v) is 13.6. The molecule has 0 aliphatic rings. The first-order valence-electron chi connectivity index (χ1n) is 6.74. The van der Waals surface area contributed by atoms with Gasteiger partial charge in [0.25, 0.3) is 10.1 Å². The molecular weight excluding hydrogens is 336 g/mol. The van der Waals surface area contributed by atoms with E-state index in [0.29, 0.717) is 11.6 Å². The van der Waals surface area contributed by atoms with Crippen LogP contribution in [0.2, 0.25) is 0 Å². The number of carbonyl (C=O) groups excluding carboxylic acids is 1. The fourth-order valence-corrected chi connectivity index (χ4v) is 2.61. The van der Waals surface area contributed by atoms with Crippen LogP contribution >= 0.6 is 0 Å². The fourth-order valence-electron chi connectivity index (χ4n) is 2.11. The second kappa shape index (κ2) is 6.42. The average molecular weight is 350 g/mol. The van der Waals surface area contributed by atoms with Crippen molar-refractivity contribution in [2.45, 2.75) is 18.7 Å². The molecule has 0 aromatic heterocycles. The van der Waals surface area contributed by atoms with Gasteiger partial charge in [-0.1, -0.05) is 17.7 Å². The quantitative estimate of drug-likeness (QED) is 0.494. The van der Waals surface area contributed by atoms with E-state index in [1.165, 1.54) is 0 Å². The Morgan fingerprint density at radius 3 is 2.21 bits per heavy atom. The number of rotatable bonds is 4. The predicted octanol–water partition coefficient (Wildman–Crippen LogP) is 2.47. The number of esters is 1. The highest BCUT2D eigenvalue weighted by molar-refractivity contribution is 7.85. The second-order valence-electron chi connectivity index (χ2n) is 5.15. The molecule has 0 aliphatic carbocycles. The van der Waals surface area contributed by atoms with E-state index in [4.69, 9.17) is 9.29 Å². The molecule has 0 amide bonds. The zero-order chi connectivity index (χ0) is 18.1. The Bertz CT molecular complexity index is 929. The molecule has 0 saturated heterocycles. The maximum Gasteiger partial charge on any atom is 0.344 e. The van der Waals surface area contributed by atoms with E-state index >= 15 is 0 Å². The number of aryl methyl sites for hydroxylation is 2. The molecule has 2 N–H and O–H groups in total. The van der Waals surface area contributed by atoms with Crippen LogP contribution in [-0.4, -0.2) is 30.0 Å². The lowest BCUT2D eigenvalue weighted by atomic mass is 10.1. The summed E-state index contributed by atoms with van der Waals surface area (Å²) < 4.78 is 36.4. The van der Waals surface area contributed by atoms with Crippen LogP contribution in [0.25, 0.3) is 0 Å². The van der Waals surface area contributed by atoms with Crippen molar-refractivity contribution in [3.63, 3.8) is 0 Å². The van der Waals surface area contributed by atoms with Crippen LogP contribution in [0.4, 0.5) is 0 Å². The number of ether oxygens (including phenoxy) is 1. The van der Waals surface area contributed by atoms with Crippen molar-refractivity contribution in [3.05, 3.63) is 58.7 Å². The number of hydrogen-bond donors (Lipinski definition) is 2. The van der Waals surface area contributed by atoms with Gasteiger partial charge in [-0.2, -0.15) is 8.42 Å². The summed E-state index contributed by atoms with van der Waals surface area (Å²) in [5, 5.41) is 9.18. The summed E-state index contributed by atoms with van der Waals surface area (Å²) in [5.74, 6) is -2.20. The van der Waals surface area contributed by atoms with Crippen molar-refractivity contribution in [1.82, 2.24) is 0 Å². The molecule has 0 radical (unpaired) electrons. The van der Waals surface area contributed by atoms with E-state index in [2.05, 4.69) is 0 Å².